The number of nitrogens with one attached hydrogen (secondary N) is 2. The standard InChI is InChI=1S/C20H26N6O3S/c1-13-12-14(2)26(25-13)20-9-8-19(23-24-20)21-10-11-22-30(27,28)18-7-6-17(29-5)15(3)16(18)4/h6-9,12,22H,10-11H2,1-5H3,(H,21,23). The molecule has 30 heavy (non-hydrogen) atoms. The summed E-state index contributed by atoms with van der Waals surface area (Å²) in [5.74, 6) is 1.84. The molecule has 10 heteroatoms. The number of sulfonamides is 1. The summed E-state index contributed by atoms with van der Waals surface area (Å²) >= 11 is 0. The smallest absolute Gasteiger partial charge is 0.240 e. The Hall–Kier alpha value is -2.98. The van der Waals surface area contributed by atoms with Crippen molar-refractivity contribution in [2.24, 2.45) is 0 Å². The van der Waals surface area contributed by atoms with Crippen LogP contribution in [0.15, 0.2) is 35.2 Å². The minimum Gasteiger partial charge on any atom is -0.496 e. The predicted molar refractivity (Wildman–Crippen MR) is 115 cm³/mol. The third-order valence-electron chi connectivity index (χ3n) is 4.80. The second-order valence-electron chi connectivity index (χ2n) is 6.96. The number of aromatic nitrogens is 4. The van der Waals surface area contributed by atoms with Crippen LogP contribution in [0.4, 0.5) is 5.82 Å². The molecule has 3 rings (SSSR count). The van der Waals surface area contributed by atoms with E-state index < -0.39 is 10.0 Å². The Bertz CT molecular complexity index is 1140. The van der Waals surface area contributed by atoms with Gasteiger partial charge in [-0.3, -0.25) is 0 Å². The van der Waals surface area contributed by atoms with Crippen LogP contribution in [-0.4, -0.2) is 48.6 Å². The number of benzene rings is 1. The Balaban J connectivity index is 1.58. The lowest BCUT2D eigenvalue weighted by Gasteiger charge is -2.14. The normalized spacial score (nSPS) is 11.5. The monoisotopic (exact) mass is 430 g/mol. The fraction of sp³-hybridized carbons (Fsp3) is 0.350. The number of hydrogen-bond donors (Lipinski definition) is 2. The molecular formula is C20H26N6O3S. The van der Waals surface area contributed by atoms with Gasteiger partial charge in [-0.1, -0.05) is 0 Å². The SMILES string of the molecule is COc1ccc(S(=O)(=O)NCCNc2ccc(-n3nc(C)cc3C)nn2)c(C)c1C. The first kappa shape index (κ1) is 21.7. The highest BCUT2D eigenvalue weighted by atomic mass is 32.2. The number of hydrogen-bond acceptors (Lipinski definition) is 7. The van der Waals surface area contributed by atoms with Gasteiger partial charge in [-0.15, -0.1) is 10.2 Å². The summed E-state index contributed by atoms with van der Waals surface area (Å²) < 4.78 is 34.8. The Labute approximate surface area is 176 Å². The lowest BCUT2D eigenvalue weighted by molar-refractivity contribution is 0.410. The van der Waals surface area contributed by atoms with Crippen molar-refractivity contribution in [3.8, 4) is 11.6 Å². The van der Waals surface area contributed by atoms with E-state index in [4.69, 9.17) is 4.74 Å². The van der Waals surface area contributed by atoms with E-state index in [9.17, 15) is 8.42 Å². The maximum Gasteiger partial charge on any atom is 0.240 e. The van der Waals surface area contributed by atoms with Crippen LogP contribution < -0.4 is 14.8 Å². The van der Waals surface area contributed by atoms with Gasteiger partial charge in [0, 0.05) is 18.8 Å². The zero-order valence-corrected chi connectivity index (χ0v) is 18.5. The third-order valence-corrected chi connectivity index (χ3v) is 6.40. The number of methoxy groups -OCH3 is 1. The van der Waals surface area contributed by atoms with Crippen molar-refractivity contribution in [3.63, 3.8) is 0 Å². The van der Waals surface area contributed by atoms with E-state index in [1.807, 2.05) is 32.9 Å². The molecule has 0 bridgehead atoms. The Kier molecular flexibility index (Phi) is 6.37. The van der Waals surface area contributed by atoms with Crippen LogP contribution in [0.2, 0.25) is 0 Å². The molecule has 2 aromatic heterocycles. The molecule has 1 aromatic carbocycles. The zero-order chi connectivity index (χ0) is 21.9. The first-order chi connectivity index (χ1) is 14.2. The van der Waals surface area contributed by atoms with E-state index >= 15 is 0 Å². The molecule has 0 saturated heterocycles. The predicted octanol–water partition coefficient (Wildman–Crippen LogP) is 2.29. The average molecular weight is 431 g/mol. The van der Waals surface area contributed by atoms with E-state index in [1.165, 1.54) is 0 Å². The molecule has 0 radical (unpaired) electrons. The van der Waals surface area contributed by atoms with E-state index in [-0.39, 0.29) is 11.4 Å². The zero-order valence-electron chi connectivity index (χ0n) is 17.7. The van der Waals surface area contributed by atoms with E-state index in [2.05, 4.69) is 25.3 Å². The maximum absolute atomic E-state index is 12.6. The second kappa shape index (κ2) is 8.80. The molecule has 0 unspecified atom stereocenters. The summed E-state index contributed by atoms with van der Waals surface area (Å²) in [5, 5.41) is 15.7. The van der Waals surface area contributed by atoms with E-state index in [0.29, 0.717) is 29.5 Å². The van der Waals surface area contributed by atoms with Crippen molar-refractivity contribution < 1.29 is 13.2 Å². The van der Waals surface area contributed by atoms with Gasteiger partial charge in [0.1, 0.15) is 11.6 Å². The molecule has 0 amide bonds. The fourth-order valence-electron chi connectivity index (χ4n) is 3.13. The van der Waals surface area contributed by atoms with E-state index in [1.54, 1.807) is 36.9 Å². The summed E-state index contributed by atoms with van der Waals surface area (Å²) in [6.45, 7) is 8.04. The minimum atomic E-state index is -3.63. The molecule has 3 aromatic rings. The van der Waals surface area contributed by atoms with Crippen molar-refractivity contribution in [1.29, 1.82) is 0 Å². The van der Waals surface area contributed by atoms with Gasteiger partial charge in [-0.05, 0) is 69.2 Å². The highest BCUT2D eigenvalue weighted by Crippen LogP contribution is 2.26. The maximum atomic E-state index is 12.6. The lowest BCUT2D eigenvalue weighted by Crippen LogP contribution is -2.29. The van der Waals surface area contributed by atoms with Gasteiger partial charge < -0.3 is 10.1 Å². The molecule has 0 aliphatic carbocycles. The molecule has 2 heterocycles. The van der Waals surface area contributed by atoms with Crippen LogP contribution in [0.25, 0.3) is 5.82 Å². The number of aryl methyl sites for hydroxylation is 2. The van der Waals surface area contributed by atoms with Gasteiger partial charge in [-0.2, -0.15) is 5.10 Å². The molecule has 0 spiro atoms. The molecule has 160 valence electrons. The number of ether oxygens (including phenoxy) is 1. The molecule has 0 aliphatic heterocycles. The van der Waals surface area contributed by atoms with Crippen molar-refractivity contribution in [1.82, 2.24) is 24.7 Å². The lowest BCUT2D eigenvalue weighted by atomic mass is 10.1. The summed E-state index contributed by atoms with van der Waals surface area (Å²) in [4.78, 5) is 0.245. The van der Waals surface area contributed by atoms with Gasteiger partial charge in [0.2, 0.25) is 10.0 Å². The quantitative estimate of drug-likeness (QED) is 0.528. The van der Waals surface area contributed by atoms with Crippen molar-refractivity contribution >= 4 is 15.8 Å². The van der Waals surface area contributed by atoms with Crippen molar-refractivity contribution in [2.75, 3.05) is 25.5 Å². The first-order valence-electron chi connectivity index (χ1n) is 9.48. The molecule has 2 N–H and O–H groups in total. The van der Waals surface area contributed by atoms with Gasteiger partial charge >= 0.3 is 0 Å². The minimum absolute atomic E-state index is 0.202. The molecule has 0 saturated carbocycles. The largest absolute Gasteiger partial charge is 0.496 e. The number of anilines is 1. The first-order valence-corrected chi connectivity index (χ1v) is 11.0. The summed E-state index contributed by atoms with van der Waals surface area (Å²) in [7, 11) is -2.07. The Morgan fingerprint density at radius 3 is 2.37 bits per heavy atom. The van der Waals surface area contributed by atoms with Crippen LogP contribution in [0.1, 0.15) is 22.5 Å². The summed E-state index contributed by atoms with van der Waals surface area (Å²) in [6, 6.07) is 8.77. The van der Waals surface area contributed by atoms with Crippen molar-refractivity contribution in [2.45, 2.75) is 32.6 Å². The average Bonchev–Trinajstić information content (AvgIpc) is 3.05. The molecule has 0 fully saturated rings. The number of nitrogens with zero attached hydrogens (tertiary/aromatic N) is 4. The van der Waals surface area contributed by atoms with Gasteiger partial charge in [0.25, 0.3) is 0 Å². The van der Waals surface area contributed by atoms with Crippen molar-refractivity contribution in [3.05, 3.63) is 52.8 Å². The van der Waals surface area contributed by atoms with Crippen LogP contribution in [0, 0.1) is 27.7 Å². The van der Waals surface area contributed by atoms with Crippen LogP contribution in [0.5, 0.6) is 5.75 Å². The summed E-state index contributed by atoms with van der Waals surface area (Å²) in [6.07, 6.45) is 0. The molecule has 0 aliphatic rings. The third kappa shape index (κ3) is 4.60. The van der Waals surface area contributed by atoms with Gasteiger partial charge in [0.05, 0.1) is 17.7 Å². The van der Waals surface area contributed by atoms with Crippen LogP contribution in [-0.2, 0) is 10.0 Å². The van der Waals surface area contributed by atoms with Crippen LogP contribution >= 0.6 is 0 Å². The molecule has 9 nitrogen and oxygen atoms in total. The summed E-state index contributed by atoms with van der Waals surface area (Å²) in [5.41, 5.74) is 3.35. The Morgan fingerprint density at radius 1 is 1.00 bits per heavy atom. The van der Waals surface area contributed by atoms with E-state index in [0.717, 1.165) is 17.0 Å². The molecular weight excluding hydrogens is 404 g/mol. The van der Waals surface area contributed by atoms with Crippen LogP contribution in [0.3, 0.4) is 0 Å². The van der Waals surface area contributed by atoms with Gasteiger partial charge in [-0.25, -0.2) is 17.8 Å². The van der Waals surface area contributed by atoms with Gasteiger partial charge in [0.15, 0.2) is 5.82 Å². The molecule has 0 atom stereocenters. The fourth-order valence-corrected chi connectivity index (χ4v) is 4.46. The highest BCUT2D eigenvalue weighted by molar-refractivity contribution is 7.89. The number of rotatable bonds is 8. The highest BCUT2D eigenvalue weighted by Gasteiger charge is 2.19. The Morgan fingerprint density at radius 2 is 1.77 bits per heavy atom. The topological polar surface area (TPSA) is 111 Å². The second-order valence-corrected chi connectivity index (χ2v) is 8.69.